The van der Waals surface area contributed by atoms with E-state index in [0.717, 1.165) is 11.3 Å². The fourth-order valence-corrected chi connectivity index (χ4v) is 4.02. The maximum Gasteiger partial charge on any atom is 0.273 e. The number of nitrogens with one attached hydrogen (secondary N) is 2. The molecule has 2 aromatic carbocycles. The average Bonchev–Trinajstić information content (AvgIpc) is 2.87. The third-order valence-electron chi connectivity index (χ3n) is 6.40. The Morgan fingerprint density at radius 2 is 1.83 bits per heavy atom. The number of rotatable bonds is 12. The third-order valence-corrected chi connectivity index (χ3v) is 6.40. The van der Waals surface area contributed by atoms with Crippen molar-refractivity contribution >= 4 is 5.91 Å². The first kappa shape index (κ1) is 25.2. The fraction of sp³-hybridized carbons (Fsp3) is 0.407. The van der Waals surface area contributed by atoms with Gasteiger partial charge >= 0.3 is 0 Å². The molecule has 0 spiro atoms. The van der Waals surface area contributed by atoms with Crippen LogP contribution in [0.1, 0.15) is 36.9 Å². The maximum absolute atomic E-state index is 12.6. The second-order valence-corrected chi connectivity index (χ2v) is 8.83. The lowest BCUT2D eigenvalue weighted by molar-refractivity contribution is -0.121. The molecule has 0 aliphatic heterocycles. The Labute approximate surface area is 210 Å². The molecule has 0 radical (unpaired) electrons. The normalized spacial score (nSPS) is 13.1. The van der Waals surface area contributed by atoms with Gasteiger partial charge in [-0.15, -0.1) is 10.2 Å². The van der Waals surface area contributed by atoms with Gasteiger partial charge in [0.2, 0.25) is 5.91 Å². The van der Waals surface area contributed by atoms with E-state index < -0.39 is 0 Å². The number of amides is 1. The van der Waals surface area contributed by atoms with Crippen LogP contribution in [0.3, 0.4) is 0 Å². The predicted molar refractivity (Wildman–Crippen MR) is 136 cm³/mol. The zero-order chi connectivity index (χ0) is 25.3. The molecule has 0 saturated heterocycles. The molecule has 9 nitrogen and oxygen atoms in total. The van der Waals surface area contributed by atoms with Crippen LogP contribution < -0.4 is 25.1 Å². The molecule has 36 heavy (non-hydrogen) atoms. The van der Waals surface area contributed by atoms with E-state index in [-0.39, 0.29) is 30.0 Å². The van der Waals surface area contributed by atoms with Gasteiger partial charge in [0.25, 0.3) is 5.56 Å². The highest BCUT2D eigenvalue weighted by molar-refractivity contribution is 5.76. The molecule has 9 heteroatoms. The number of carbonyl (C=O) groups is 1. The summed E-state index contributed by atoms with van der Waals surface area (Å²) < 4.78 is 16.7. The highest BCUT2D eigenvalue weighted by atomic mass is 16.5. The zero-order valence-electron chi connectivity index (χ0n) is 20.7. The van der Waals surface area contributed by atoms with E-state index in [1.165, 1.54) is 19.3 Å². The van der Waals surface area contributed by atoms with Crippen LogP contribution in [0.5, 0.6) is 17.2 Å². The lowest BCUT2D eigenvalue weighted by atomic mass is 9.86. The molecule has 1 heterocycles. The van der Waals surface area contributed by atoms with Crippen LogP contribution >= 0.6 is 0 Å². The molecule has 1 aliphatic rings. The van der Waals surface area contributed by atoms with Crippen LogP contribution in [0.25, 0.3) is 11.4 Å². The summed E-state index contributed by atoms with van der Waals surface area (Å²) in [6.45, 7) is 1.15. The summed E-state index contributed by atoms with van der Waals surface area (Å²) in [7, 11) is 3.20. The van der Waals surface area contributed by atoms with E-state index in [0.29, 0.717) is 48.4 Å². The third kappa shape index (κ3) is 6.41. The number of methoxy groups -OCH3 is 2. The van der Waals surface area contributed by atoms with Crippen LogP contribution in [0.2, 0.25) is 0 Å². The lowest BCUT2D eigenvalue weighted by Gasteiger charge is -2.25. The Hall–Kier alpha value is -3.88. The van der Waals surface area contributed by atoms with Gasteiger partial charge in [0.1, 0.15) is 11.4 Å². The first-order valence-corrected chi connectivity index (χ1v) is 12.2. The molecule has 4 rings (SSSR count). The molecule has 1 aliphatic carbocycles. The molecular weight excluding hydrogens is 460 g/mol. The predicted octanol–water partition coefficient (Wildman–Crippen LogP) is 3.32. The second kappa shape index (κ2) is 12.2. The SMILES string of the molecule is COc1ccccc1CCNC(=O)CCc1nnc(-c2ccc(OCC3CCC3)c(OC)c2)[nH]c1=O. The minimum atomic E-state index is -0.369. The average molecular weight is 493 g/mol. The highest BCUT2D eigenvalue weighted by Crippen LogP contribution is 2.33. The Morgan fingerprint density at radius 3 is 2.56 bits per heavy atom. The number of H-pyrrole nitrogens is 1. The van der Waals surface area contributed by atoms with Crippen molar-refractivity contribution in [2.24, 2.45) is 5.92 Å². The van der Waals surface area contributed by atoms with E-state index in [4.69, 9.17) is 14.2 Å². The minimum Gasteiger partial charge on any atom is -0.496 e. The molecule has 1 fully saturated rings. The topological polar surface area (TPSA) is 115 Å². The molecule has 2 N–H and O–H groups in total. The maximum atomic E-state index is 12.6. The van der Waals surface area contributed by atoms with Crippen molar-refractivity contribution in [3.63, 3.8) is 0 Å². The van der Waals surface area contributed by atoms with E-state index in [2.05, 4.69) is 20.5 Å². The van der Waals surface area contributed by atoms with Crippen molar-refractivity contribution in [2.75, 3.05) is 27.4 Å². The quantitative estimate of drug-likeness (QED) is 0.398. The van der Waals surface area contributed by atoms with Gasteiger partial charge < -0.3 is 24.5 Å². The summed E-state index contributed by atoms with van der Waals surface area (Å²) in [4.78, 5) is 27.6. The number of aryl methyl sites for hydroxylation is 1. The van der Waals surface area contributed by atoms with Crippen LogP contribution in [-0.2, 0) is 17.6 Å². The Bertz CT molecular complexity index is 1240. The number of aromatic nitrogens is 3. The second-order valence-electron chi connectivity index (χ2n) is 8.83. The Morgan fingerprint density at radius 1 is 1.03 bits per heavy atom. The standard InChI is InChI=1S/C27H32N4O5/c1-34-22-9-4-3-8-19(22)14-15-28-25(32)13-11-21-27(33)29-26(31-30-21)20-10-12-23(24(16-20)35-2)36-17-18-6-5-7-18/h3-4,8-10,12,16,18H,5-7,11,13-15,17H2,1-2H3,(H,28,32)(H,29,31,33). The summed E-state index contributed by atoms with van der Waals surface area (Å²) in [5.74, 6) is 2.81. The van der Waals surface area contributed by atoms with Gasteiger partial charge in [-0.1, -0.05) is 24.6 Å². The fourth-order valence-electron chi connectivity index (χ4n) is 4.02. The largest absolute Gasteiger partial charge is 0.496 e. The highest BCUT2D eigenvalue weighted by Gasteiger charge is 2.19. The molecule has 1 saturated carbocycles. The summed E-state index contributed by atoms with van der Waals surface area (Å²) in [5.41, 5.74) is 1.53. The molecule has 1 amide bonds. The molecular formula is C27H32N4O5. The van der Waals surface area contributed by atoms with Crippen LogP contribution in [-0.4, -0.2) is 48.5 Å². The molecule has 0 unspecified atom stereocenters. The van der Waals surface area contributed by atoms with Crippen molar-refractivity contribution in [2.45, 2.75) is 38.5 Å². The summed E-state index contributed by atoms with van der Waals surface area (Å²) in [6.07, 6.45) is 4.66. The van der Waals surface area contributed by atoms with E-state index in [1.54, 1.807) is 20.3 Å². The van der Waals surface area contributed by atoms with E-state index >= 15 is 0 Å². The Kier molecular flexibility index (Phi) is 8.54. The van der Waals surface area contributed by atoms with Gasteiger partial charge in [0.15, 0.2) is 17.3 Å². The number of hydrogen-bond acceptors (Lipinski definition) is 7. The number of benzene rings is 2. The summed E-state index contributed by atoms with van der Waals surface area (Å²) >= 11 is 0. The number of carbonyl (C=O) groups excluding carboxylic acids is 1. The zero-order valence-corrected chi connectivity index (χ0v) is 20.7. The minimum absolute atomic E-state index is 0.143. The number of hydrogen-bond donors (Lipinski definition) is 2. The van der Waals surface area contributed by atoms with Gasteiger partial charge in [-0.05, 0) is 55.0 Å². The van der Waals surface area contributed by atoms with Crippen molar-refractivity contribution < 1.29 is 19.0 Å². The Balaban J connectivity index is 1.30. The van der Waals surface area contributed by atoms with Crippen molar-refractivity contribution in [1.82, 2.24) is 20.5 Å². The van der Waals surface area contributed by atoms with Gasteiger partial charge in [-0.2, -0.15) is 0 Å². The smallest absolute Gasteiger partial charge is 0.273 e. The van der Waals surface area contributed by atoms with Gasteiger partial charge in [0.05, 0.1) is 20.8 Å². The van der Waals surface area contributed by atoms with Gasteiger partial charge in [0, 0.05) is 24.9 Å². The summed E-state index contributed by atoms with van der Waals surface area (Å²) in [5, 5.41) is 11.1. The molecule has 190 valence electrons. The van der Waals surface area contributed by atoms with Crippen molar-refractivity contribution in [3.05, 3.63) is 64.1 Å². The summed E-state index contributed by atoms with van der Waals surface area (Å²) in [6, 6.07) is 13.1. The first-order chi connectivity index (χ1) is 17.6. The molecule has 3 aromatic rings. The first-order valence-electron chi connectivity index (χ1n) is 12.2. The molecule has 0 bridgehead atoms. The van der Waals surface area contributed by atoms with Crippen molar-refractivity contribution in [3.8, 4) is 28.6 Å². The number of nitrogens with zero attached hydrogens (tertiary/aromatic N) is 2. The van der Waals surface area contributed by atoms with Crippen LogP contribution in [0, 0.1) is 5.92 Å². The van der Waals surface area contributed by atoms with Crippen LogP contribution in [0.4, 0.5) is 0 Å². The monoisotopic (exact) mass is 492 g/mol. The lowest BCUT2D eigenvalue weighted by Crippen LogP contribution is -2.27. The van der Waals surface area contributed by atoms with Gasteiger partial charge in [-0.25, -0.2) is 0 Å². The van der Waals surface area contributed by atoms with E-state index in [1.807, 2.05) is 36.4 Å². The molecule has 0 atom stereocenters. The number of ether oxygens (including phenoxy) is 3. The van der Waals surface area contributed by atoms with Crippen molar-refractivity contribution in [1.29, 1.82) is 0 Å². The molecule has 1 aromatic heterocycles. The van der Waals surface area contributed by atoms with E-state index in [9.17, 15) is 9.59 Å². The number of aromatic amines is 1. The number of para-hydroxylation sites is 1. The van der Waals surface area contributed by atoms with Crippen LogP contribution in [0.15, 0.2) is 47.3 Å². The van der Waals surface area contributed by atoms with Gasteiger partial charge in [-0.3, -0.25) is 9.59 Å².